The van der Waals surface area contributed by atoms with E-state index in [1.807, 2.05) is 41.9 Å². The molecule has 112 valence electrons. The lowest BCUT2D eigenvalue weighted by Gasteiger charge is -2.12. The number of fused-ring (bicyclic) bond motifs is 1. The molecule has 0 aliphatic heterocycles. The van der Waals surface area contributed by atoms with Crippen molar-refractivity contribution in [3.05, 3.63) is 65.2 Å². The van der Waals surface area contributed by atoms with Crippen molar-refractivity contribution in [1.82, 2.24) is 14.6 Å². The van der Waals surface area contributed by atoms with Crippen molar-refractivity contribution in [3.63, 3.8) is 0 Å². The van der Waals surface area contributed by atoms with Gasteiger partial charge < -0.3 is 4.74 Å². The van der Waals surface area contributed by atoms with Crippen LogP contribution in [0.3, 0.4) is 0 Å². The third-order valence-electron chi connectivity index (χ3n) is 3.98. The summed E-state index contributed by atoms with van der Waals surface area (Å²) >= 11 is 0. The average Bonchev–Trinajstić information content (AvgIpc) is 2.86. The van der Waals surface area contributed by atoms with E-state index in [4.69, 9.17) is 4.74 Å². The van der Waals surface area contributed by atoms with Gasteiger partial charge in [-0.25, -0.2) is 9.31 Å². The van der Waals surface area contributed by atoms with Crippen molar-refractivity contribution >= 4 is 11.5 Å². The molecule has 0 saturated carbocycles. The molecule has 0 saturated heterocycles. The number of methoxy groups -OCH3 is 1. The highest BCUT2D eigenvalue weighted by molar-refractivity contribution is 5.99. The number of carbonyl (C=O) groups excluding carboxylic acids is 1. The van der Waals surface area contributed by atoms with E-state index in [2.05, 4.69) is 17.0 Å². The largest absolute Gasteiger partial charge is 0.465 e. The maximum atomic E-state index is 12.1. The van der Waals surface area contributed by atoms with Crippen LogP contribution in [0.2, 0.25) is 0 Å². The van der Waals surface area contributed by atoms with Gasteiger partial charge in [0.2, 0.25) is 0 Å². The molecular weight excluding hydrogens is 278 g/mol. The normalized spacial score (nSPS) is 12.3. The molecule has 0 aliphatic carbocycles. The first-order chi connectivity index (χ1) is 10.6. The zero-order chi connectivity index (χ0) is 15.7. The van der Waals surface area contributed by atoms with E-state index in [1.165, 1.54) is 7.11 Å². The number of hydrogen-bond acceptors (Lipinski definition) is 4. The molecule has 0 aromatic carbocycles. The summed E-state index contributed by atoms with van der Waals surface area (Å²) in [6.45, 7) is 4.02. The van der Waals surface area contributed by atoms with Crippen molar-refractivity contribution in [2.24, 2.45) is 0 Å². The van der Waals surface area contributed by atoms with Crippen LogP contribution in [-0.2, 0) is 4.74 Å². The number of carbonyl (C=O) groups is 1. The summed E-state index contributed by atoms with van der Waals surface area (Å²) in [6.07, 6.45) is 5.30. The predicted molar refractivity (Wildman–Crippen MR) is 83.0 cm³/mol. The molecule has 1 atom stereocenters. The van der Waals surface area contributed by atoms with Crippen LogP contribution >= 0.6 is 0 Å². The van der Waals surface area contributed by atoms with E-state index in [1.54, 1.807) is 12.4 Å². The molecule has 1 unspecified atom stereocenters. The molecule has 0 N–H and O–H groups in total. The molecule has 0 fully saturated rings. The topological polar surface area (TPSA) is 56.5 Å². The molecule has 22 heavy (non-hydrogen) atoms. The molecule has 0 radical (unpaired) electrons. The number of ether oxygens (including phenoxy) is 1. The Bertz CT molecular complexity index is 825. The Morgan fingerprint density at radius 3 is 2.73 bits per heavy atom. The fraction of sp³-hybridized carbons (Fsp3) is 0.235. The third-order valence-corrected chi connectivity index (χ3v) is 3.98. The Morgan fingerprint density at radius 2 is 2.05 bits per heavy atom. The smallest absolute Gasteiger partial charge is 0.340 e. The zero-order valence-electron chi connectivity index (χ0n) is 12.8. The van der Waals surface area contributed by atoms with E-state index in [0.29, 0.717) is 5.56 Å². The van der Waals surface area contributed by atoms with Crippen molar-refractivity contribution < 1.29 is 9.53 Å². The summed E-state index contributed by atoms with van der Waals surface area (Å²) in [5.41, 5.74) is 4.27. The Balaban J connectivity index is 2.26. The van der Waals surface area contributed by atoms with Gasteiger partial charge in [0, 0.05) is 24.5 Å². The number of aromatic nitrogens is 3. The molecule has 0 spiro atoms. The summed E-state index contributed by atoms with van der Waals surface area (Å²) in [4.78, 5) is 16.3. The van der Waals surface area contributed by atoms with Gasteiger partial charge in [-0.05, 0) is 36.2 Å². The lowest BCUT2D eigenvalue weighted by atomic mass is 9.96. The summed E-state index contributed by atoms with van der Waals surface area (Å²) in [5, 5.41) is 4.41. The van der Waals surface area contributed by atoms with Gasteiger partial charge in [-0.3, -0.25) is 4.98 Å². The van der Waals surface area contributed by atoms with Gasteiger partial charge in [-0.2, -0.15) is 5.10 Å². The lowest BCUT2D eigenvalue weighted by molar-refractivity contribution is 0.0602. The molecule has 5 heteroatoms. The van der Waals surface area contributed by atoms with Crippen LogP contribution in [0.4, 0.5) is 0 Å². The molecular formula is C17H17N3O2. The molecule has 3 aromatic heterocycles. The average molecular weight is 295 g/mol. The number of hydrogen-bond donors (Lipinski definition) is 0. The van der Waals surface area contributed by atoms with E-state index in [-0.39, 0.29) is 11.9 Å². The zero-order valence-corrected chi connectivity index (χ0v) is 12.8. The van der Waals surface area contributed by atoms with Gasteiger partial charge >= 0.3 is 5.97 Å². The summed E-state index contributed by atoms with van der Waals surface area (Å²) in [6, 6.07) is 7.63. The monoisotopic (exact) mass is 295 g/mol. The first-order valence-electron chi connectivity index (χ1n) is 7.09. The first-order valence-corrected chi connectivity index (χ1v) is 7.09. The predicted octanol–water partition coefficient (Wildman–Crippen LogP) is 2.98. The molecule has 0 amide bonds. The maximum absolute atomic E-state index is 12.1. The van der Waals surface area contributed by atoms with E-state index in [9.17, 15) is 4.79 Å². The number of nitrogens with zero attached hydrogens (tertiary/aromatic N) is 3. The van der Waals surface area contributed by atoms with Crippen LogP contribution in [0.15, 0.2) is 42.9 Å². The Hall–Kier alpha value is -2.69. The van der Waals surface area contributed by atoms with Crippen LogP contribution in [0.1, 0.15) is 40.0 Å². The Morgan fingerprint density at radius 1 is 1.27 bits per heavy atom. The minimum atomic E-state index is -0.340. The summed E-state index contributed by atoms with van der Waals surface area (Å²) in [7, 11) is 1.39. The van der Waals surface area contributed by atoms with Crippen LogP contribution in [-0.4, -0.2) is 27.7 Å². The Labute approximate surface area is 128 Å². The fourth-order valence-corrected chi connectivity index (χ4v) is 2.89. The summed E-state index contributed by atoms with van der Waals surface area (Å²) < 4.78 is 6.75. The second-order valence-electron chi connectivity index (χ2n) is 5.21. The van der Waals surface area contributed by atoms with Crippen LogP contribution in [0, 0.1) is 6.92 Å². The Kier molecular flexibility index (Phi) is 3.63. The quantitative estimate of drug-likeness (QED) is 0.697. The van der Waals surface area contributed by atoms with Gasteiger partial charge in [0.15, 0.2) is 0 Å². The van der Waals surface area contributed by atoms with Crippen molar-refractivity contribution in [1.29, 1.82) is 0 Å². The minimum absolute atomic E-state index is 0.0644. The van der Waals surface area contributed by atoms with Crippen LogP contribution < -0.4 is 0 Å². The number of esters is 1. The highest BCUT2D eigenvalue weighted by Gasteiger charge is 2.25. The van der Waals surface area contributed by atoms with Crippen LogP contribution in [0.25, 0.3) is 5.52 Å². The fourth-order valence-electron chi connectivity index (χ4n) is 2.89. The molecule has 0 bridgehead atoms. The molecule has 3 heterocycles. The number of rotatable bonds is 3. The van der Waals surface area contributed by atoms with Gasteiger partial charge in [0.05, 0.1) is 23.9 Å². The van der Waals surface area contributed by atoms with Gasteiger partial charge in [0.25, 0.3) is 0 Å². The molecule has 3 rings (SSSR count). The van der Waals surface area contributed by atoms with E-state index >= 15 is 0 Å². The molecule has 5 nitrogen and oxygen atoms in total. The van der Waals surface area contributed by atoms with Crippen molar-refractivity contribution in [3.8, 4) is 0 Å². The molecule has 0 aliphatic rings. The van der Waals surface area contributed by atoms with Gasteiger partial charge in [-0.1, -0.05) is 13.0 Å². The highest BCUT2D eigenvalue weighted by Crippen LogP contribution is 2.32. The lowest BCUT2D eigenvalue weighted by Crippen LogP contribution is -2.05. The minimum Gasteiger partial charge on any atom is -0.465 e. The van der Waals surface area contributed by atoms with Crippen LogP contribution in [0.5, 0.6) is 0 Å². The van der Waals surface area contributed by atoms with Gasteiger partial charge in [0.1, 0.15) is 0 Å². The SMILES string of the molecule is COC(=O)c1c(C)c(C(C)c2cccnc2)n2ncccc12. The number of pyridine rings is 1. The van der Waals surface area contributed by atoms with Gasteiger partial charge in [-0.15, -0.1) is 0 Å². The van der Waals surface area contributed by atoms with E-state index in [0.717, 1.165) is 22.3 Å². The first kappa shape index (κ1) is 14.3. The maximum Gasteiger partial charge on any atom is 0.340 e. The van der Waals surface area contributed by atoms with E-state index < -0.39 is 0 Å². The standard InChI is InChI=1S/C17H17N3O2/c1-11(13-6-4-8-18-10-13)16-12(2)15(17(21)22-3)14-7-5-9-19-20(14)16/h4-11H,1-3H3. The summed E-state index contributed by atoms with van der Waals surface area (Å²) in [5.74, 6) is -0.276. The third kappa shape index (κ3) is 2.15. The van der Waals surface area contributed by atoms with Crippen molar-refractivity contribution in [2.75, 3.05) is 7.11 Å². The second-order valence-corrected chi connectivity index (χ2v) is 5.21. The van der Waals surface area contributed by atoms with Crippen molar-refractivity contribution in [2.45, 2.75) is 19.8 Å². The second kappa shape index (κ2) is 5.60. The molecule has 3 aromatic rings. The highest BCUT2D eigenvalue weighted by atomic mass is 16.5.